The zero-order valence-corrected chi connectivity index (χ0v) is 10.6. The highest BCUT2D eigenvalue weighted by molar-refractivity contribution is 6.30. The van der Waals surface area contributed by atoms with Crippen LogP contribution in [-0.2, 0) is 6.42 Å². The fourth-order valence-corrected chi connectivity index (χ4v) is 2.03. The van der Waals surface area contributed by atoms with Crippen LogP contribution in [0.5, 0.6) is 0 Å². The first kappa shape index (κ1) is 13.9. The molecule has 0 spiro atoms. The molecule has 0 aliphatic rings. The van der Waals surface area contributed by atoms with Gasteiger partial charge in [0.25, 0.3) is 5.69 Å². The highest BCUT2D eigenvalue weighted by atomic mass is 35.5. The van der Waals surface area contributed by atoms with E-state index in [1.165, 1.54) is 12.1 Å². The number of rotatable bonds is 5. The van der Waals surface area contributed by atoms with Gasteiger partial charge in [0.15, 0.2) is 0 Å². The molecule has 0 radical (unpaired) electrons. The van der Waals surface area contributed by atoms with E-state index in [1.807, 2.05) is 6.92 Å². The lowest BCUT2D eigenvalue weighted by atomic mass is 9.92. The van der Waals surface area contributed by atoms with Gasteiger partial charge in [-0.25, -0.2) is 0 Å². The minimum atomic E-state index is -0.487. The lowest BCUT2D eigenvalue weighted by Gasteiger charge is -2.17. The van der Waals surface area contributed by atoms with E-state index in [0.29, 0.717) is 17.0 Å². The summed E-state index contributed by atoms with van der Waals surface area (Å²) < 4.78 is 0. The van der Waals surface area contributed by atoms with E-state index < -0.39 is 11.0 Å². The Morgan fingerprint density at radius 3 is 2.65 bits per heavy atom. The van der Waals surface area contributed by atoms with Crippen molar-refractivity contribution in [2.45, 2.75) is 32.8 Å². The van der Waals surface area contributed by atoms with Crippen molar-refractivity contribution in [3.63, 3.8) is 0 Å². The summed E-state index contributed by atoms with van der Waals surface area (Å²) in [5.41, 5.74) is 0.642. The lowest BCUT2D eigenvalue weighted by molar-refractivity contribution is -0.385. The molecular weight excluding hydrogens is 242 g/mol. The topological polar surface area (TPSA) is 63.4 Å². The van der Waals surface area contributed by atoms with Crippen molar-refractivity contribution in [3.8, 4) is 0 Å². The van der Waals surface area contributed by atoms with E-state index >= 15 is 0 Å². The van der Waals surface area contributed by atoms with Crippen LogP contribution in [-0.4, -0.2) is 16.1 Å². The molecule has 1 rings (SSSR count). The molecule has 1 N–H and O–H groups in total. The Kier molecular flexibility index (Phi) is 4.90. The minimum Gasteiger partial charge on any atom is -0.393 e. The SMILES string of the molecule is CCC(Cc1cc(Cl)ccc1[N+](=O)[O-])C(C)O. The smallest absolute Gasteiger partial charge is 0.272 e. The van der Waals surface area contributed by atoms with Gasteiger partial charge in [0.1, 0.15) is 0 Å². The number of benzene rings is 1. The molecule has 0 amide bonds. The van der Waals surface area contributed by atoms with Crippen molar-refractivity contribution in [1.29, 1.82) is 0 Å². The summed E-state index contributed by atoms with van der Waals surface area (Å²) in [4.78, 5) is 10.5. The molecule has 4 nitrogen and oxygen atoms in total. The van der Waals surface area contributed by atoms with Gasteiger partial charge in [0.2, 0.25) is 0 Å². The quantitative estimate of drug-likeness (QED) is 0.651. The maximum absolute atomic E-state index is 10.9. The van der Waals surface area contributed by atoms with Crippen LogP contribution >= 0.6 is 11.6 Å². The molecule has 0 fully saturated rings. The van der Waals surface area contributed by atoms with Crippen molar-refractivity contribution >= 4 is 17.3 Å². The molecule has 94 valence electrons. The maximum atomic E-state index is 10.9. The predicted octanol–water partition coefficient (Wildman–Crippen LogP) is 3.20. The third kappa shape index (κ3) is 3.68. The van der Waals surface area contributed by atoms with E-state index in [4.69, 9.17) is 11.6 Å². The summed E-state index contributed by atoms with van der Waals surface area (Å²) >= 11 is 5.84. The number of aliphatic hydroxyl groups excluding tert-OH is 1. The Labute approximate surface area is 105 Å². The van der Waals surface area contributed by atoms with Crippen LogP contribution in [0.25, 0.3) is 0 Å². The number of nitrogens with zero attached hydrogens (tertiary/aromatic N) is 1. The first-order chi connectivity index (χ1) is 7.95. The van der Waals surface area contributed by atoms with Gasteiger partial charge in [-0.05, 0) is 31.4 Å². The molecule has 0 saturated carbocycles. The van der Waals surface area contributed by atoms with Crippen molar-refractivity contribution in [1.82, 2.24) is 0 Å². The Balaban J connectivity index is 3.03. The third-order valence-electron chi connectivity index (χ3n) is 2.93. The van der Waals surface area contributed by atoms with Crippen LogP contribution in [0.1, 0.15) is 25.8 Å². The fourth-order valence-electron chi connectivity index (χ4n) is 1.83. The van der Waals surface area contributed by atoms with E-state index in [9.17, 15) is 15.2 Å². The second-order valence-electron chi connectivity index (χ2n) is 4.14. The third-order valence-corrected chi connectivity index (χ3v) is 3.16. The van der Waals surface area contributed by atoms with Gasteiger partial charge in [0.05, 0.1) is 11.0 Å². The molecule has 0 aliphatic heterocycles. The summed E-state index contributed by atoms with van der Waals surface area (Å²) in [5.74, 6) is 0.00664. The summed E-state index contributed by atoms with van der Waals surface area (Å²) in [6.45, 7) is 3.65. The maximum Gasteiger partial charge on any atom is 0.272 e. The molecule has 0 aliphatic carbocycles. The highest BCUT2D eigenvalue weighted by Crippen LogP contribution is 2.27. The van der Waals surface area contributed by atoms with Gasteiger partial charge >= 0.3 is 0 Å². The van der Waals surface area contributed by atoms with E-state index in [1.54, 1.807) is 13.0 Å². The molecule has 1 aromatic carbocycles. The number of nitro benzene ring substituents is 1. The zero-order chi connectivity index (χ0) is 13.0. The monoisotopic (exact) mass is 257 g/mol. The van der Waals surface area contributed by atoms with Gasteiger partial charge in [-0.1, -0.05) is 24.9 Å². The van der Waals surface area contributed by atoms with Gasteiger partial charge in [-0.2, -0.15) is 0 Å². The largest absolute Gasteiger partial charge is 0.393 e. The van der Waals surface area contributed by atoms with Gasteiger partial charge in [-0.3, -0.25) is 10.1 Å². The average Bonchev–Trinajstić information content (AvgIpc) is 2.25. The Bertz CT molecular complexity index is 407. The van der Waals surface area contributed by atoms with Crippen LogP contribution in [0, 0.1) is 16.0 Å². The Morgan fingerprint density at radius 2 is 2.18 bits per heavy atom. The molecule has 5 heteroatoms. The standard InChI is InChI=1S/C12H16ClNO3/c1-3-9(8(2)15)6-10-7-11(13)4-5-12(10)14(16)17/h4-5,7-9,15H,3,6H2,1-2H3. The Hall–Kier alpha value is -1.13. The van der Waals surface area contributed by atoms with Crippen LogP contribution in [0.15, 0.2) is 18.2 Å². The van der Waals surface area contributed by atoms with E-state index in [-0.39, 0.29) is 11.6 Å². The molecule has 0 saturated heterocycles. The van der Waals surface area contributed by atoms with E-state index in [2.05, 4.69) is 0 Å². The number of nitro groups is 1. The number of halogens is 1. The first-order valence-corrected chi connectivity index (χ1v) is 5.94. The number of hydrogen-bond acceptors (Lipinski definition) is 3. The molecule has 0 heterocycles. The minimum absolute atomic E-state index is 0.00664. The molecule has 2 unspecified atom stereocenters. The van der Waals surface area contributed by atoms with Crippen molar-refractivity contribution in [2.75, 3.05) is 0 Å². The van der Waals surface area contributed by atoms with E-state index in [0.717, 1.165) is 6.42 Å². The zero-order valence-electron chi connectivity index (χ0n) is 9.89. The van der Waals surface area contributed by atoms with Crippen molar-refractivity contribution < 1.29 is 10.0 Å². The molecule has 0 aromatic heterocycles. The molecule has 1 aromatic rings. The number of aliphatic hydroxyl groups is 1. The summed E-state index contributed by atoms with van der Waals surface area (Å²) in [6, 6.07) is 4.52. The second-order valence-corrected chi connectivity index (χ2v) is 4.58. The lowest BCUT2D eigenvalue weighted by Crippen LogP contribution is -2.18. The van der Waals surface area contributed by atoms with Crippen LogP contribution in [0.2, 0.25) is 5.02 Å². The highest BCUT2D eigenvalue weighted by Gasteiger charge is 2.20. The van der Waals surface area contributed by atoms with Gasteiger partial charge in [-0.15, -0.1) is 0 Å². The summed E-state index contributed by atoms with van der Waals surface area (Å²) in [6.07, 6.45) is 0.741. The molecule has 0 bridgehead atoms. The molecule has 17 heavy (non-hydrogen) atoms. The predicted molar refractivity (Wildman–Crippen MR) is 67.3 cm³/mol. The van der Waals surface area contributed by atoms with Crippen molar-refractivity contribution in [3.05, 3.63) is 38.9 Å². The summed E-state index contributed by atoms with van der Waals surface area (Å²) in [7, 11) is 0. The van der Waals surface area contributed by atoms with Crippen LogP contribution in [0.3, 0.4) is 0 Å². The second kappa shape index (κ2) is 5.98. The number of hydrogen-bond donors (Lipinski definition) is 1. The normalized spacial score (nSPS) is 14.4. The fraction of sp³-hybridized carbons (Fsp3) is 0.500. The molecular formula is C12H16ClNO3. The Morgan fingerprint density at radius 1 is 1.53 bits per heavy atom. The first-order valence-electron chi connectivity index (χ1n) is 5.56. The van der Waals surface area contributed by atoms with Crippen molar-refractivity contribution in [2.24, 2.45) is 5.92 Å². The van der Waals surface area contributed by atoms with Crippen LogP contribution < -0.4 is 0 Å². The van der Waals surface area contributed by atoms with Crippen LogP contribution in [0.4, 0.5) is 5.69 Å². The van der Waals surface area contributed by atoms with Gasteiger partial charge < -0.3 is 5.11 Å². The summed E-state index contributed by atoms with van der Waals surface area (Å²) in [5, 5.41) is 20.9. The average molecular weight is 258 g/mol. The molecule has 2 atom stereocenters. The van der Waals surface area contributed by atoms with Gasteiger partial charge in [0, 0.05) is 16.7 Å².